The van der Waals surface area contributed by atoms with E-state index in [1.807, 2.05) is 27.8 Å². The average Bonchev–Trinajstić information content (AvgIpc) is 2.15. The molecule has 0 aromatic heterocycles. The maximum absolute atomic E-state index is 9.32. The summed E-state index contributed by atoms with van der Waals surface area (Å²) in [4.78, 5) is 2.14. The van der Waals surface area contributed by atoms with Crippen LogP contribution >= 0.6 is 0 Å². The van der Waals surface area contributed by atoms with Crippen LogP contribution in [0.15, 0.2) is 0 Å². The molecule has 1 saturated heterocycles. The summed E-state index contributed by atoms with van der Waals surface area (Å²) in [6, 6.07) is 0. The van der Waals surface area contributed by atoms with Gasteiger partial charge in [0.1, 0.15) is 0 Å². The van der Waals surface area contributed by atoms with E-state index in [9.17, 15) is 5.11 Å². The number of hydrogen-bond acceptors (Lipinski definition) is 2. The molecule has 1 unspecified atom stereocenters. The zero-order chi connectivity index (χ0) is 8.20. The summed E-state index contributed by atoms with van der Waals surface area (Å²) in [5.74, 6) is 0. The maximum Gasteiger partial charge on any atom is 0.0758 e. The van der Waals surface area contributed by atoms with Crippen LogP contribution in [0.5, 0.6) is 0 Å². The number of likely N-dealkylation sites (tertiary alicyclic amines) is 1. The van der Waals surface area contributed by atoms with E-state index in [0.717, 1.165) is 19.5 Å². The highest BCUT2D eigenvalue weighted by atomic mass is 16.3. The second-order valence-electron chi connectivity index (χ2n) is 2.98. The Labute approximate surface area is 63.8 Å². The third-order valence-electron chi connectivity index (χ3n) is 1.64. The molecular formula is C8H19NO. The Morgan fingerprint density at radius 2 is 1.90 bits per heavy atom. The molecule has 0 aliphatic carbocycles. The molecule has 1 aliphatic rings. The van der Waals surface area contributed by atoms with E-state index >= 15 is 0 Å². The van der Waals surface area contributed by atoms with Crippen LogP contribution in [0.3, 0.4) is 0 Å². The minimum absolute atomic E-state index is 0.408. The number of nitrogens with zero attached hydrogens (tertiary/aromatic N) is 1. The van der Waals surface area contributed by atoms with Crippen molar-refractivity contribution in [3.8, 4) is 0 Å². The molecule has 62 valence electrons. The lowest BCUT2D eigenvalue weighted by Gasteiger charge is -2.14. The van der Waals surface area contributed by atoms with Gasteiger partial charge in [-0.2, -0.15) is 0 Å². The lowest BCUT2D eigenvalue weighted by molar-refractivity contribution is 0.0719. The molecule has 0 aromatic rings. The van der Waals surface area contributed by atoms with Gasteiger partial charge < -0.3 is 10.0 Å². The number of hydrogen-bond donors (Lipinski definition) is 1. The van der Waals surface area contributed by atoms with Crippen molar-refractivity contribution in [1.82, 2.24) is 4.90 Å². The van der Waals surface area contributed by atoms with Crippen molar-refractivity contribution in [2.75, 3.05) is 20.1 Å². The molecule has 1 N–H and O–H groups in total. The van der Waals surface area contributed by atoms with Crippen LogP contribution in [-0.4, -0.2) is 35.7 Å². The molecule has 1 rings (SSSR count). The fourth-order valence-electron chi connectivity index (χ4n) is 1.17. The largest absolute Gasteiger partial charge is 0.389 e. The molecule has 10 heavy (non-hydrogen) atoms. The van der Waals surface area contributed by atoms with E-state index in [0.29, 0.717) is 0 Å². The van der Waals surface area contributed by atoms with Crippen LogP contribution in [0.25, 0.3) is 0 Å². The molecule has 0 aromatic carbocycles. The Morgan fingerprint density at radius 3 is 2.00 bits per heavy atom. The highest BCUT2D eigenvalue weighted by Crippen LogP contribution is 2.17. The van der Waals surface area contributed by atoms with Crippen LogP contribution in [0.4, 0.5) is 0 Å². The Balaban J connectivity index is 0.000000371. The van der Waals surface area contributed by atoms with Gasteiger partial charge in [0.2, 0.25) is 0 Å². The van der Waals surface area contributed by atoms with E-state index in [1.165, 1.54) is 0 Å². The first-order valence-electron chi connectivity index (χ1n) is 4.01. The van der Waals surface area contributed by atoms with Gasteiger partial charge in [-0.15, -0.1) is 0 Å². The van der Waals surface area contributed by atoms with Gasteiger partial charge in [0.15, 0.2) is 0 Å². The maximum atomic E-state index is 9.32. The van der Waals surface area contributed by atoms with Crippen molar-refractivity contribution >= 4 is 0 Å². The zero-order valence-electron chi connectivity index (χ0n) is 7.52. The van der Waals surface area contributed by atoms with E-state index in [1.54, 1.807) is 0 Å². The first kappa shape index (κ1) is 9.92. The smallest absolute Gasteiger partial charge is 0.0758 e. The highest BCUT2D eigenvalue weighted by molar-refractivity contribution is 4.83. The summed E-state index contributed by atoms with van der Waals surface area (Å²) in [5, 5.41) is 9.32. The van der Waals surface area contributed by atoms with Crippen molar-refractivity contribution in [3.05, 3.63) is 0 Å². The lowest BCUT2D eigenvalue weighted by atomic mass is 10.1. The molecule has 1 aliphatic heterocycles. The molecule has 0 bridgehead atoms. The molecule has 0 amide bonds. The topological polar surface area (TPSA) is 23.5 Å². The SMILES string of the molecule is CC.CN1CCC(C)(O)C1. The van der Waals surface area contributed by atoms with Gasteiger partial charge in [-0.1, -0.05) is 13.8 Å². The third kappa shape index (κ3) is 3.18. The second-order valence-corrected chi connectivity index (χ2v) is 2.98. The van der Waals surface area contributed by atoms with E-state index in [2.05, 4.69) is 4.90 Å². The van der Waals surface area contributed by atoms with Gasteiger partial charge in [0.25, 0.3) is 0 Å². The summed E-state index contributed by atoms with van der Waals surface area (Å²) < 4.78 is 0. The summed E-state index contributed by atoms with van der Waals surface area (Å²) in [6.07, 6.45) is 0.920. The predicted octanol–water partition coefficient (Wildman–Crippen LogP) is 1.10. The molecule has 1 heterocycles. The minimum atomic E-state index is -0.408. The van der Waals surface area contributed by atoms with Crippen LogP contribution in [0, 0.1) is 0 Å². The molecular weight excluding hydrogens is 126 g/mol. The van der Waals surface area contributed by atoms with Gasteiger partial charge in [0, 0.05) is 13.1 Å². The fraction of sp³-hybridized carbons (Fsp3) is 1.00. The number of β-amino-alcohol motifs (C(OH)–C–C–N with tert-alkyl or cyclic N) is 1. The third-order valence-corrected chi connectivity index (χ3v) is 1.64. The van der Waals surface area contributed by atoms with Crippen molar-refractivity contribution in [2.45, 2.75) is 32.8 Å². The van der Waals surface area contributed by atoms with E-state index in [4.69, 9.17) is 0 Å². The zero-order valence-corrected chi connectivity index (χ0v) is 7.52. The van der Waals surface area contributed by atoms with Crippen molar-refractivity contribution in [1.29, 1.82) is 0 Å². The van der Waals surface area contributed by atoms with Gasteiger partial charge in [-0.3, -0.25) is 0 Å². The van der Waals surface area contributed by atoms with Crippen molar-refractivity contribution in [2.24, 2.45) is 0 Å². The number of aliphatic hydroxyl groups is 1. The summed E-state index contributed by atoms with van der Waals surface area (Å²) in [7, 11) is 2.03. The highest BCUT2D eigenvalue weighted by Gasteiger charge is 2.28. The van der Waals surface area contributed by atoms with Gasteiger partial charge in [-0.25, -0.2) is 0 Å². The van der Waals surface area contributed by atoms with Crippen LogP contribution in [0.2, 0.25) is 0 Å². The second kappa shape index (κ2) is 3.94. The quantitative estimate of drug-likeness (QED) is 0.551. The van der Waals surface area contributed by atoms with Gasteiger partial charge in [-0.05, 0) is 20.4 Å². The van der Waals surface area contributed by atoms with Gasteiger partial charge >= 0.3 is 0 Å². The summed E-state index contributed by atoms with van der Waals surface area (Å²) in [6.45, 7) is 7.75. The normalized spacial score (nSPS) is 33.3. The molecule has 0 spiro atoms. The number of rotatable bonds is 0. The molecule has 1 atom stereocenters. The number of likely N-dealkylation sites (N-methyl/N-ethyl adjacent to an activating group) is 1. The van der Waals surface area contributed by atoms with E-state index in [-0.39, 0.29) is 0 Å². The van der Waals surface area contributed by atoms with Crippen molar-refractivity contribution < 1.29 is 5.11 Å². The Morgan fingerprint density at radius 1 is 1.40 bits per heavy atom. The van der Waals surface area contributed by atoms with Gasteiger partial charge in [0.05, 0.1) is 5.60 Å². The predicted molar refractivity (Wildman–Crippen MR) is 44.1 cm³/mol. The molecule has 0 saturated carbocycles. The molecule has 1 fully saturated rings. The minimum Gasteiger partial charge on any atom is -0.389 e. The first-order chi connectivity index (χ1) is 4.60. The summed E-state index contributed by atoms with van der Waals surface area (Å²) in [5.41, 5.74) is -0.408. The van der Waals surface area contributed by atoms with Crippen LogP contribution < -0.4 is 0 Å². The van der Waals surface area contributed by atoms with E-state index < -0.39 is 5.60 Å². The lowest BCUT2D eigenvalue weighted by Crippen LogP contribution is -2.27. The monoisotopic (exact) mass is 145 g/mol. The Bertz CT molecular complexity index is 91.3. The molecule has 2 nitrogen and oxygen atoms in total. The first-order valence-corrected chi connectivity index (χ1v) is 4.01. The molecule has 0 radical (unpaired) electrons. The summed E-state index contributed by atoms with van der Waals surface area (Å²) >= 11 is 0. The Kier molecular flexibility index (Phi) is 3.91. The van der Waals surface area contributed by atoms with Crippen LogP contribution in [-0.2, 0) is 0 Å². The average molecular weight is 145 g/mol. The molecule has 2 heteroatoms. The Hall–Kier alpha value is -0.0800. The van der Waals surface area contributed by atoms with Crippen molar-refractivity contribution in [3.63, 3.8) is 0 Å². The fourth-order valence-corrected chi connectivity index (χ4v) is 1.17. The standard InChI is InChI=1S/C6H13NO.C2H6/c1-6(8)3-4-7(2)5-6;1-2/h8H,3-5H2,1-2H3;1-2H3. The van der Waals surface area contributed by atoms with Crippen LogP contribution in [0.1, 0.15) is 27.2 Å².